The average Bonchev–Trinajstić information content (AvgIpc) is 2.14. The SMILES string of the molecule is O=C=C1CSCS1. The van der Waals surface area contributed by atoms with E-state index in [4.69, 9.17) is 0 Å². The van der Waals surface area contributed by atoms with Gasteiger partial charge >= 0.3 is 0 Å². The van der Waals surface area contributed by atoms with E-state index in [1.54, 1.807) is 23.5 Å². The Morgan fingerprint density at radius 2 is 2.57 bits per heavy atom. The van der Waals surface area contributed by atoms with Crippen LogP contribution >= 0.6 is 23.5 Å². The monoisotopic (exact) mass is 132 g/mol. The fourth-order valence-corrected chi connectivity index (χ4v) is 2.47. The molecule has 0 aliphatic carbocycles. The largest absolute Gasteiger partial charge is 0.233 e. The molecule has 1 saturated heterocycles. The van der Waals surface area contributed by atoms with E-state index in [0.717, 1.165) is 15.7 Å². The molecule has 38 valence electrons. The van der Waals surface area contributed by atoms with E-state index in [9.17, 15) is 4.79 Å². The van der Waals surface area contributed by atoms with Gasteiger partial charge in [0.2, 0.25) is 0 Å². The van der Waals surface area contributed by atoms with Crippen LogP contribution in [0, 0.1) is 0 Å². The molecule has 0 unspecified atom stereocenters. The van der Waals surface area contributed by atoms with Gasteiger partial charge in [-0.05, 0) is 0 Å². The van der Waals surface area contributed by atoms with Crippen molar-refractivity contribution in [2.75, 3.05) is 10.8 Å². The van der Waals surface area contributed by atoms with Crippen LogP contribution < -0.4 is 0 Å². The zero-order valence-corrected chi connectivity index (χ0v) is 5.27. The van der Waals surface area contributed by atoms with Crippen molar-refractivity contribution in [2.45, 2.75) is 0 Å². The smallest absolute Gasteiger partial charge is 0.135 e. The minimum absolute atomic E-state index is 0.866. The Labute approximate surface area is 50.5 Å². The zero-order valence-electron chi connectivity index (χ0n) is 3.64. The van der Waals surface area contributed by atoms with Gasteiger partial charge in [0.05, 0.1) is 4.91 Å². The van der Waals surface area contributed by atoms with Gasteiger partial charge in [-0.3, -0.25) is 0 Å². The lowest BCUT2D eigenvalue weighted by Crippen LogP contribution is -1.68. The molecule has 0 aromatic heterocycles. The molecule has 1 aliphatic heterocycles. The van der Waals surface area contributed by atoms with Crippen molar-refractivity contribution in [1.82, 2.24) is 0 Å². The minimum Gasteiger partial charge on any atom is -0.233 e. The molecule has 1 rings (SSSR count). The molecule has 1 nitrogen and oxygen atoms in total. The third-order valence-electron chi connectivity index (χ3n) is 0.663. The maximum absolute atomic E-state index is 9.81. The lowest BCUT2D eigenvalue weighted by Gasteiger charge is -1.74. The molecular weight excluding hydrogens is 128 g/mol. The molecule has 1 heterocycles. The summed E-state index contributed by atoms with van der Waals surface area (Å²) in [6.07, 6.45) is 0. The summed E-state index contributed by atoms with van der Waals surface area (Å²) >= 11 is 3.37. The van der Waals surface area contributed by atoms with E-state index in [2.05, 4.69) is 0 Å². The van der Waals surface area contributed by atoms with Crippen molar-refractivity contribution in [3.63, 3.8) is 0 Å². The molecule has 0 atom stereocenters. The number of carbonyl (C=O) groups excluding carboxylic acids is 1. The average molecular weight is 132 g/mol. The molecule has 1 fully saturated rings. The summed E-state index contributed by atoms with van der Waals surface area (Å²) < 4.78 is 0. The van der Waals surface area contributed by atoms with Crippen LogP contribution in [0.2, 0.25) is 0 Å². The summed E-state index contributed by atoms with van der Waals surface area (Å²) in [5.74, 6) is 2.76. The van der Waals surface area contributed by atoms with E-state index in [-0.39, 0.29) is 0 Å². The molecule has 0 spiro atoms. The van der Waals surface area contributed by atoms with Crippen molar-refractivity contribution >= 4 is 29.5 Å². The Balaban J connectivity index is 2.57. The van der Waals surface area contributed by atoms with Crippen molar-refractivity contribution in [3.05, 3.63) is 4.91 Å². The molecular formula is C4H4OS2. The fourth-order valence-electron chi connectivity index (χ4n) is 0.348. The first-order valence-corrected chi connectivity index (χ1v) is 4.02. The highest BCUT2D eigenvalue weighted by Crippen LogP contribution is 2.30. The van der Waals surface area contributed by atoms with E-state index < -0.39 is 0 Å². The number of hydrogen-bond donors (Lipinski definition) is 0. The van der Waals surface area contributed by atoms with Crippen LogP contribution in [0.25, 0.3) is 0 Å². The van der Waals surface area contributed by atoms with Gasteiger partial charge in [0, 0.05) is 10.8 Å². The number of thioether (sulfide) groups is 2. The molecule has 0 saturated carbocycles. The van der Waals surface area contributed by atoms with Crippen molar-refractivity contribution in [1.29, 1.82) is 0 Å². The van der Waals surface area contributed by atoms with Gasteiger partial charge in [0.15, 0.2) is 0 Å². The van der Waals surface area contributed by atoms with E-state index in [1.807, 2.05) is 5.94 Å². The highest BCUT2D eigenvalue weighted by Gasteiger charge is 2.06. The Bertz CT molecular complexity index is 107. The van der Waals surface area contributed by atoms with Crippen LogP contribution in [0.15, 0.2) is 4.91 Å². The third-order valence-corrected chi connectivity index (χ3v) is 3.05. The molecule has 1 aliphatic rings. The van der Waals surface area contributed by atoms with E-state index >= 15 is 0 Å². The molecule has 0 bridgehead atoms. The molecule has 0 aromatic rings. The maximum Gasteiger partial charge on any atom is 0.135 e. The molecule has 0 amide bonds. The van der Waals surface area contributed by atoms with Crippen LogP contribution in [-0.4, -0.2) is 16.8 Å². The predicted molar refractivity (Wildman–Crippen MR) is 34.1 cm³/mol. The first-order chi connectivity index (χ1) is 3.43. The van der Waals surface area contributed by atoms with Crippen molar-refractivity contribution in [2.24, 2.45) is 0 Å². The highest BCUT2D eigenvalue weighted by molar-refractivity contribution is 8.21. The zero-order chi connectivity index (χ0) is 5.11. The number of hydrogen-bond acceptors (Lipinski definition) is 3. The highest BCUT2D eigenvalue weighted by atomic mass is 32.2. The first kappa shape index (κ1) is 5.29. The summed E-state index contributed by atoms with van der Waals surface area (Å²) in [5, 5.41) is 1.03. The third kappa shape index (κ3) is 1.27. The van der Waals surface area contributed by atoms with E-state index in [0.29, 0.717) is 0 Å². The van der Waals surface area contributed by atoms with Gasteiger partial charge in [-0.25, -0.2) is 4.79 Å². The lowest BCUT2D eigenvalue weighted by atomic mass is 10.7. The molecule has 0 radical (unpaired) electrons. The quantitative estimate of drug-likeness (QED) is 0.460. The Kier molecular flexibility index (Phi) is 1.86. The van der Waals surface area contributed by atoms with Gasteiger partial charge in [-0.2, -0.15) is 0 Å². The summed E-state index contributed by atoms with van der Waals surface area (Å²) in [4.78, 5) is 10.7. The second-order valence-electron chi connectivity index (χ2n) is 1.14. The second-order valence-corrected chi connectivity index (χ2v) is 3.56. The second kappa shape index (κ2) is 2.46. The summed E-state index contributed by atoms with van der Waals surface area (Å²) in [5.41, 5.74) is 0. The van der Waals surface area contributed by atoms with Crippen LogP contribution in [0.1, 0.15) is 0 Å². The van der Waals surface area contributed by atoms with Gasteiger partial charge in [-0.15, -0.1) is 23.5 Å². The summed E-state index contributed by atoms with van der Waals surface area (Å²) in [7, 11) is 0. The Hall–Kier alpha value is 0.150. The van der Waals surface area contributed by atoms with Gasteiger partial charge in [0.25, 0.3) is 0 Å². The van der Waals surface area contributed by atoms with Crippen LogP contribution in [0.3, 0.4) is 0 Å². The fraction of sp³-hybridized carbons (Fsp3) is 0.500. The molecule has 0 N–H and O–H groups in total. The normalized spacial score (nSPS) is 19.7. The van der Waals surface area contributed by atoms with Crippen molar-refractivity contribution in [3.8, 4) is 0 Å². The number of rotatable bonds is 0. The molecule has 0 aromatic carbocycles. The summed E-state index contributed by atoms with van der Waals surface area (Å²) in [6.45, 7) is 0. The van der Waals surface area contributed by atoms with Crippen molar-refractivity contribution < 1.29 is 4.79 Å². The van der Waals surface area contributed by atoms with Crippen LogP contribution in [0.5, 0.6) is 0 Å². The van der Waals surface area contributed by atoms with Crippen LogP contribution in [0.4, 0.5) is 0 Å². The van der Waals surface area contributed by atoms with Gasteiger partial charge in [0.1, 0.15) is 5.94 Å². The van der Waals surface area contributed by atoms with E-state index in [1.165, 1.54) is 0 Å². The minimum atomic E-state index is 0.866. The topological polar surface area (TPSA) is 17.1 Å². The Morgan fingerprint density at radius 1 is 1.71 bits per heavy atom. The maximum atomic E-state index is 9.81. The van der Waals surface area contributed by atoms with Gasteiger partial charge < -0.3 is 0 Å². The lowest BCUT2D eigenvalue weighted by molar-refractivity contribution is 0.568. The molecule has 3 heteroatoms. The standard InChI is InChI=1S/C4H4OS2/c5-1-4-2-6-3-7-4/h2-3H2. The predicted octanol–water partition coefficient (Wildman–Crippen LogP) is 1.14. The van der Waals surface area contributed by atoms with Gasteiger partial charge in [-0.1, -0.05) is 0 Å². The first-order valence-electron chi connectivity index (χ1n) is 1.88. The molecule has 7 heavy (non-hydrogen) atoms. The summed E-state index contributed by atoms with van der Waals surface area (Å²) in [6, 6.07) is 0. The Morgan fingerprint density at radius 3 is 2.86 bits per heavy atom. The van der Waals surface area contributed by atoms with Crippen LogP contribution in [-0.2, 0) is 4.79 Å².